The third-order valence-electron chi connectivity index (χ3n) is 8.67. The summed E-state index contributed by atoms with van der Waals surface area (Å²) in [5.74, 6) is 4.34. The number of aliphatic hydroxyl groups is 2. The van der Waals surface area contributed by atoms with Gasteiger partial charge in [-0.1, -0.05) is 43.6 Å². The maximum Gasteiger partial charge on any atom is 0.131 e. The smallest absolute Gasteiger partial charge is 0.131 e. The van der Waals surface area contributed by atoms with E-state index in [0.29, 0.717) is 17.8 Å². The predicted octanol–water partition coefficient (Wildman–Crippen LogP) is 4.23. The Morgan fingerprint density at radius 2 is 2.08 bits per heavy atom. The van der Waals surface area contributed by atoms with Gasteiger partial charge in [0.25, 0.3) is 0 Å². The summed E-state index contributed by atoms with van der Waals surface area (Å²) in [5, 5.41) is 21.4. The molecule has 25 heavy (non-hydrogen) atoms. The second-order valence-electron chi connectivity index (χ2n) is 9.39. The average molecular weight is 341 g/mol. The predicted molar refractivity (Wildman–Crippen MR) is 101 cm³/mol. The van der Waals surface area contributed by atoms with Gasteiger partial charge in [0.15, 0.2) is 0 Å². The minimum atomic E-state index is -0.972. The van der Waals surface area contributed by atoms with Crippen LogP contribution in [0.3, 0.4) is 0 Å². The summed E-state index contributed by atoms with van der Waals surface area (Å²) in [6, 6.07) is 0. The minimum Gasteiger partial charge on any atom is -0.389 e. The van der Waals surface area contributed by atoms with E-state index in [4.69, 9.17) is 6.42 Å². The summed E-state index contributed by atoms with van der Waals surface area (Å²) < 4.78 is 0. The SMILES string of the molecule is C#C[C@]1(O)CC[C@H]2[C@@H]3CCC4=C[C@H](O)CC[C@]4(C)C3C(=C)C[C@@]21CC. The molecule has 0 heterocycles. The van der Waals surface area contributed by atoms with E-state index >= 15 is 0 Å². The molecule has 2 N–H and O–H groups in total. The van der Waals surface area contributed by atoms with E-state index in [9.17, 15) is 10.2 Å². The lowest BCUT2D eigenvalue weighted by atomic mass is 9.44. The van der Waals surface area contributed by atoms with Crippen molar-refractivity contribution in [1.29, 1.82) is 0 Å². The van der Waals surface area contributed by atoms with Crippen molar-refractivity contribution >= 4 is 0 Å². The molecule has 3 fully saturated rings. The highest BCUT2D eigenvalue weighted by Gasteiger charge is 2.65. The largest absolute Gasteiger partial charge is 0.389 e. The molecule has 0 aromatic rings. The molecule has 0 saturated heterocycles. The van der Waals surface area contributed by atoms with Gasteiger partial charge in [-0.15, -0.1) is 6.42 Å². The molecule has 1 unspecified atom stereocenters. The van der Waals surface area contributed by atoms with Gasteiger partial charge in [-0.2, -0.15) is 0 Å². The molecule has 4 aliphatic carbocycles. The zero-order valence-electron chi connectivity index (χ0n) is 15.7. The van der Waals surface area contributed by atoms with Crippen LogP contribution in [-0.2, 0) is 0 Å². The number of fused-ring (bicyclic) bond motifs is 5. The Kier molecular flexibility index (Phi) is 3.81. The van der Waals surface area contributed by atoms with Gasteiger partial charge < -0.3 is 10.2 Å². The molecule has 136 valence electrons. The van der Waals surface area contributed by atoms with Gasteiger partial charge in [0.05, 0.1) is 6.10 Å². The molecule has 2 heteroatoms. The van der Waals surface area contributed by atoms with Crippen LogP contribution in [-0.4, -0.2) is 21.9 Å². The number of allylic oxidation sites excluding steroid dienone is 2. The topological polar surface area (TPSA) is 40.5 Å². The summed E-state index contributed by atoms with van der Waals surface area (Å²) in [5.41, 5.74) is 1.72. The molecule has 0 bridgehead atoms. The Bertz CT molecular complexity index is 670. The molecule has 0 aromatic heterocycles. The Balaban J connectivity index is 1.78. The molecule has 0 radical (unpaired) electrons. The highest BCUT2D eigenvalue weighted by atomic mass is 16.3. The van der Waals surface area contributed by atoms with Crippen LogP contribution in [0.5, 0.6) is 0 Å². The summed E-state index contributed by atoms with van der Waals surface area (Å²) in [7, 11) is 0. The van der Waals surface area contributed by atoms with E-state index in [0.717, 1.165) is 51.4 Å². The second kappa shape index (κ2) is 5.48. The molecular formula is C23H32O2. The zero-order chi connectivity index (χ0) is 18.0. The van der Waals surface area contributed by atoms with Gasteiger partial charge in [-0.05, 0) is 74.5 Å². The highest BCUT2D eigenvalue weighted by molar-refractivity contribution is 5.35. The van der Waals surface area contributed by atoms with Gasteiger partial charge in [0, 0.05) is 5.41 Å². The molecule has 3 saturated carbocycles. The maximum atomic E-state index is 11.3. The molecule has 4 rings (SSSR count). The first kappa shape index (κ1) is 17.4. The molecule has 0 spiro atoms. The molecule has 0 aromatic carbocycles. The van der Waals surface area contributed by atoms with Crippen molar-refractivity contribution in [1.82, 2.24) is 0 Å². The van der Waals surface area contributed by atoms with Crippen LogP contribution in [0.15, 0.2) is 23.8 Å². The van der Waals surface area contributed by atoms with Gasteiger partial charge in [0.2, 0.25) is 0 Å². The van der Waals surface area contributed by atoms with Crippen LogP contribution in [0.4, 0.5) is 0 Å². The van der Waals surface area contributed by atoms with E-state index in [1.54, 1.807) is 0 Å². The van der Waals surface area contributed by atoms with E-state index in [1.165, 1.54) is 11.1 Å². The lowest BCUT2D eigenvalue weighted by molar-refractivity contribution is -0.0897. The molecule has 0 amide bonds. The zero-order valence-corrected chi connectivity index (χ0v) is 15.7. The van der Waals surface area contributed by atoms with Gasteiger partial charge in [0.1, 0.15) is 5.60 Å². The van der Waals surface area contributed by atoms with E-state index in [1.807, 2.05) is 0 Å². The second-order valence-corrected chi connectivity index (χ2v) is 9.39. The fourth-order valence-corrected chi connectivity index (χ4v) is 7.49. The Hall–Kier alpha value is -1.04. The Morgan fingerprint density at radius 3 is 2.76 bits per heavy atom. The summed E-state index contributed by atoms with van der Waals surface area (Å²) in [6.45, 7) is 9.13. The van der Waals surface area contributed by atoms with Gasteiger partial charge in [-0.3, -0.25) is 0 Å². The van der Waals surface area contributed by atoms with Gasteiger partial charge >= 0.3 is 0 Å². The molecular weight excluding hydrogens is 308 g/mol. The van der Waals surface area contributed by atoms with Crippen molar-refractivity contribution in [3.63, 3.8) is 0 Å². The first-order chi connectivity index (χ1) is 11.8. The van der Waals surface area contributed by atoms with Crippen molar-refractivity contribution < 1.29 is 10.2 Å². The lowest BCUT2D eigenvalue weighted by Crippen LogP contribution is -2.56. The van der Waals surface area contributed by atoms with E-state index in [-0.39, 0.29) is 16.9 Å². The Labute approximate surface area is 152 Å². The normalized spacial score (nSPS) is 51.8. The van der Waals surface area contributed by atoms with Crippen molar-refractivity contribution in [3.05, 3.63) is 23.8 Å². The van der Waals surface area contributed by atoms with Crippen molar-refractivity contribution in [2.24, 2.45) is 28.6 Å². The third kappa shape index (κ3) is 2.06. The number of hydrogen-bond acceptors (Lipinski definition) is 2. The van der Waals surface area contributed by atoms with Crippen LogP contribution in [0, 0.1) is 40.9 Å². The van der Waals surface area contributed by atoms with Crippen LogP contribution in [0.25, 0.3) is 0 Å². The molecule has 2 nitrogen and oxygen atoms in total. The Morgan fingerprint density at radius 1 is 1.32 bits per heavy atom. The number of rotatable bonds is 1. The van der Waals surface area contributed by atoms with Gasteiger partial charge in [-0.25, -0.2) is 0 Å². The summed E-state index contributed by atoms with van der Waals surface area (Å²) >= 11 is 0. The van der Waals surface area contributed by atoms with Crippen molar-refractivity contribution in [2.75, 3.05) is 0 Å². The van der Waals surface area contributed by atoms with E-state index in [2.05, 4.69) is 32.4 Å². The number of terminal acetylenes is 1. The monoisotopic (exact) mass is 340 g/mol. The fourth-order valence-electron chi connectivity index (χ4n) is 7.49. The van der Waals surface area contributed by atoms with Crippen LogP contribution < -0.4 is 0 Å². The number of aliphatic hydroxyl groups excluding tert-OH is 1. The first-order valence-corrected chi connectivity index (χ1v) is 10.1. The van der Waals surface area contributed by atoms with E-state index < -0.39 is 5.60 Å². The van der Waals surface area contributed by atoms with Crippen LogP contribution in [0.2, 0.25) is 0 Å². The lowest BCUT2D eigenvalue weighted by Gasteiger charge is -2.60. The summed E-state index contributed by atoms with van der Waals surface area (Å²) in [4.78, 5) is 0. The highest BCUT2D eigenvalue weighted by Crippen LogP contribution is 2.69. The summed E-state index contributed by atoms with van der Waals surface area (Å²) in [6.07, 6.45) is 15.4. The standard InChI is InChI=1S/C23H32O2/c1-5-22-14-15(3)20-18(19(22)10-12-23(22,25)6-2)8-7-16-13-17(24)9-11-21(16,20)4/h2,13,17-20,24-25H,3,5,7-12,14H2,1,4H3/t17-,18+,19+,20?,21+,22+,23+/m1/s1. The molecule has 7 atom stereocenters. The first-order valence-electron chi connectivity index (χ1n) is 10.1. The minimum absolute atomic E-state index is 0.135. The van der Waals surface area contributed by atoms with Crippen molar-refractivity contribution in [2.45, 2.75) is 76.9 Å². The fraction of sp³-hybridized carbons (Fsp3) is 0.739. The third-order valence-corrected chi connectivity index (χ3v) is 8.67. The van der Waals surface area contributed by atoms with Crippen molar-refractivity contribution in [3.8, 4) is 12.3 Å². The average Bonchev–Trinajstić information content (AvgIpc) is 2.89. The van der Waals surface area contributed by atoms with Crippen LogP contribution in [0.1, 0.15) is 65.2 Å². The van der Waals surface area contributed by atoms with Crippen LogP contribution >= 0.6 is 0 Å². The molecule has 0 aliphatic heterocycles. The molecule has 4 aliphatic rings. The number of hydrogen-bond donors (Lipinski definition) is 2. The quantitative estimate of drug-likeness (QED) is 0.554. The maximum absolute atomic E-state index is 11.3.